The lowest BCUT2D eigenvalue weighted by molar-refractivity contribution is 0.434. The number of hydrogen-bond acceptors (Lipinski definition) is 1. The second kappa shape index (κ2) is 2.98. The van der Waals surface area contributed by atoms with Gasteiger partial charge in [0.25, 0.3) is 0 Å². The van der Waals surface area contributed by atoms with E-state index in [1.165, 1.54) is 0 Å². The van der Waals surface area contributed by atoms with Gasteiger partial charge in [-0.1, -0.05) is 5.92 Å². The third-order valence-electron chi connectivity index (χ3n) is 2.37. The van der Waals surface area contributed by atoms with Crippen LogP contribution in [0.25, 0.3) is 0 Å². The minimum absolute atomic E-state index is 0.0455. The number of nitrogens with zero attached hydrogens (tertiary/aromatic N) is 1. The van der Waals surface area contributed by atoms with Crippen LogP contribution in [0.3, 0.4) is 0 Å². The van der Waals surface area contributed by atoms with E-state index in [-0.39, 0.29) is 12.0 Å². The molecule has 3 unspecified atom stereocenters. The number of hydrogen-bond donors (Lipinski definition) is 0. The van der Waals surface area contributed by atoms with E-state index in [9.17, 15) is 4.57 Å². The fourth-order valence-corrected chi connectivity index (χ4v) is 3.53. The van der Waals surface area contributed by atoms with Gasteiger partial charge in [0.1, 0.15) is 7.29 Å². The first-order valence-electron chi connectivity index (χ1n) is 3.75. The highest BCUT2D eigenvalue weighted by Crippen LogP contribution is 2.54. The molecule has 1 aliphatic heterocycles. The lowest BCUT2D eigenvalue weighted by atomic mass is 10.0. The van der Waals surface area contributed by atoms with Crippen molar-refractivity contribution < 1.29 is 4.57 Å². The summed E-state index contributed by atoms with van der Waals surface area (Å²) in [6.45, 7) is 1.73. The molecule has 0 saturated carbocycles. The maximum atomic E-state index is 11.8. The Morgan fingerprint density at radius 3 is 2.42 bits per heavy atom. The van der Waals surface area contributed by atoms with Crippen molar-refractivity contribution in [2.75, 3.05) is 19.9 Å². The second-order valence-corrected chi connectivity index (χ2v) is 6.29. The molecule has 0 bridgehead atoms. The minimum Gasteiger partial charge on any atom is -0.307 e. The first-order chi connectivity index (χ1) is 5.53. The van der Waals surface area contributed by atoms with Crippen LogP contribution in [-0.2, 0) is 4.57 Å². The number of terminal acetylenes is 2. The molecular formula is C9H12NOP. The van der Waals surface area contributed by atoms with Gasteiger partial charge < -0.3 is 4.57 Å². The molecule has 1 saturated heterocycles. The molecule has 0 aromatic rings. The van der Waals surface area contributed by atoms with Crippen LogP contribution in [0, 0.1) is 30.6 Å². The van der Waals surface area contributed by atoms with Crippen LogP contribution in [-0.4, -0.2) is 30.6 Å². The molecule has 1 fully saturated rings. The smallest absolute Gasteiger partial charge is 0.149 e. The summed E-state index contributed by atoms with van der Waals surface area (Å²) >= 11 is 0. The van der Waals surface area contributed by atoms with Gasteiger partial charge in [-0.2, -0.15) is 0 Å². The Bertz CT molecular complexity index is 309. The van der Waals surface area contributed by atoms with Gasteiger partial charge in [-0.15, -0.1) is 18.8 Å². The zero-order valence-corrected chi connectivity index (χ0v) is 8.21. The van der Waals surface area contributed by atoms with Crippen molar-refractivity contribution in [1.82, 2.24) is 4.67 Å². The Hall–Kier alpha value is -0.690. The average molecular weight is 181 g/mol. The van der Waals surface area contributed by atoms with Crippen molar-refractivity contribution in [3.63, 3.8) is 0 Å². The van der Waals surface area contributed by atoms with Gasteiger partial charge in [0, 0.05) is 12.8 Å². The summed E-state index contributed by atoms with van der Waals surface area (Å²) in [7, 11) is -0.451. The van der Waals surface area contributed by atoms with Crippen LogP contribution in [0.15, 0.2) is 0 Å². The lowest BCUT2D eigenvalue weighted by Crippen LogP contribution is -2.25. The van der Waals surface area contributed by atoms with Crippen molar-refractivity contribution in [2.24, 2.45) is 5.92 Å². The molecule has 0 spiro atoms. The summed E-state index contributed by atoms with van der Waals surface area (Å²) in [5, 5.41) is 0. The highest BCUT2D eigenvalue weighted by atomic mass is 31.2. The summed E-state index contributed by atoms with van der Waals surface area (Å²) in [5.41, 5.74) is 0. The molecule has 0 radical (unpaired) electrons. The Balaban J connectivity index is 2.99. The van der Waals surface area contributed by atoms with Crippen molar-refractivity contribution >= 4 is 7.29 Å². The molecule has 64 valence electrons. The van der Waals surface area contributed by atoms with E-state index in [2.05, 4.69) is 11.8 Å². The summed E-state index contributed by atoms with van der Waals surface area (Å²) in [5.74, 6) is 5.13. The lowest BCUT2D eigenvalue weighted by Gasteiger charge is -2.19. The van der Waals surface area contributed by atoms with E-state index in [4.69, 9.17) is 12.8 Å². The maximum absolute atomic E-state index is 11.8. The second-order valence-electron chi connectivity index (χ2n) is 3.19. The molecule has 0 amide bonds. The summed E-state index contributed by atoms with van der Waals surface area (Å²) < 4.78 is 13.6. The highest BCUT2D eigenvalue weighted by Gasteiger charge is 2.41. The van der Waals surface area contributed by atoms with Crippen LogP contribution in [0.1, 0.15) is 0 Å². The first-order valence-corrected chi connectivity index (χ1v) is 6.04. The van der Waals surface area contributed by atoms with Gasteiger partial charge in [-0.05, 0) is 7.05 Å². The van der Waals surface area contributed by atoms with E-state index >= 15 is 0 Å². The SMILES string of the molecule is C#CC1CP(C)(=O)N(C)C1C#C. The zero-order valence-electron chi connectivity index (χ0n) is 7.32. The van der Waals surface area contributed by atoms with Crippen LogP contribution in [0.4, 0.5) is 0 Å². The van der Waals surface area contributed by atoms with E-state index in [1.54, 1.807) is 18.4 Å². The highest BCUT2D eigenvalue weighted by molar-refractivity contribution is 7.61. The molecule has 12 heavy (non-hydrogen) atoms. The van der Waals surface area contributed by atoms with Crippen LogP contribution in [0.5, 0.6) is 0 Å². The van der Waals surface area contributed by atoms with Crippen molar-refractivity contribution in [3.8, 4) is 24.7 Å². The van der Waals surface area contributed by atoms with Gasteiger partial charge in [-0.3, -0.25) is 0 Å². The standard InChI is InChI=1S/C9H12NOP/c1-5-8-7-12(4,11)10(3)9(8)6-2/h1-2,8-9H,7H2,3-4H3. The van der Waals surface area contributed by atoms with Crippen LogP contribution in [0.2, 0.25) is 0 Å². The van der Waals surface area contributed by atoms with E-state index in [0.29, 0.717) is 6.16 Å². The molecule has 1 heterocycles. The fraction of sp³-hybridized carbons (Fsp3) is 0.556. The fourth-order valence-electron chi connectivity index (χ4n) is 1.49. The molecule has 2 nitrogen and oxygen atoms in total. The minimum atomic E-state index is -2.23. The largest absolute Gasteiger partial charge is 0.307 e. The molecule has 1 aliphatic rings. The van der Waals surface area contributed by atoms with Gasteiger partial charge in [0.15, 0.2) is 0 Å². The van der Waals surface area contributed by atoms with Gasteiger partial charge in [-0.25, -0.2) is 4.67 Å². The summed E-state index contributed by atoms with van der Waals surface area (Å²) in [6, 6.07) is -0.147. The third kappa shape index (κ3) is 1.29. The van der Waals surface area contributed by atoms with E-state index in [0.717, 1.165) is 0 Å². The van der Waals surface area contributed by atoms with Gasteiger partial charge >= 0.3 is 0 Å². The van der Waals surface area contributed by atoms with Crippen molar-refractivity contribution in [1.29, 1.82) is 0 Å². The Kier molecular flexibility index (Phi) is 2.34. The monoisotopic (exact) mass is 181 g/mol. The zero-order chi connectivity index (χ0) is 9.35. The molecule has 0 N–H and O–H groups in total. The third-order valence-corrected chi connectivity index (χ3v) is 5.03. The predicted molar refractivity (Wildman–Crippen MR) is 51.1 cm³/mol. The number of rotatable bonds is 0. The van der Waals surface area contributed by atoms with Gasteiger partial charge in [0.05, 0.1) is 12.0 Å². The van der Waals surface area contributed by atoms with Crippen LogP contribution < -0.4 is 0 Å². The van der Waals surface area contributed by atoms with Crippen molar-refractivity contribution in [2.45, 2.75) is 6.04 Å². The Labute approximate surface area is 73.8 Å². The molecule has 0 aromatic carbocycles. The van der Waals surface area contributed by atoms with E-state index in [1.807, 2.05) is 0 Å². The molecule has 3 heteroatoms. The molecular weight excluding hydrogens is 169 g/mol. The maximum Gasteiger partial charge on any atom is 0.149 e. The summed E-state index contributed by atoms with van der Waals surface area (Å²) in [4.78, 5) is 0. The molecule has 1 rings (SSSR count). The molecule has 0 aliphatic carbocycles. The average Bonchev–Trinajstić information content (AvgIpc) is 2.24. The quantitative estimate of drug-likeness (QED) is 0.412. The van der Waals surface area contributed by atoms with Crippen LogP contribution >= 0.6 is 7.29 Å². The van der Waals surface area contributed by atoms with E-state index < -0.39 is 7.29 Å². The van der Waals surface area contributed by atoms with Gasteiger partial charge in [0.2, 0.25) is 0 Å². The Morgan fingerprint density at radius 2 is 2.08 bits per heavy atom. The van der Waals surface area contributed by atoms with Crippen molar-refractivity contribution in [3.05, 3.63) is 0 Å². The topological polar surface area (TPSA) is 20.3 Å². The summed E-state index contributed by atoms with van der Waals surface area (Å²) in [6.07, 6.45) is 11.1. The normalized spacial score (nSPS) is 42.0. The first kappa shape index (κ1) is 9.40. The molecule has 3 atom stereocenters. The Morgan fingerprint density at radius 1 is 1.50 bits per heavy atom. The molecule has 0 aromatic heterocycles. The predicted octanol–water partition coefficient (Wildman–Crippen LogP) is 1.09.